The van der Waals surface area contributed by atoms with Gasteiger partial charge in [0.15, 0.2) is 29.6 Å². The number of ketones is 1. The average Bonchev–Trinajstić information content (AvgIpc) is 1.08. The monoisotopic (exact) mass is 1260 g/mol. The van der Waals surface area contributed by atoms with Crippen molar-refractivity contribution in [2.75, 3.05) is 26.2 Å². The van der Waals surface area contributed by atoms with Gasteiger partial charge in [-0.05, 0) is 85.3 Å². The van der Waals surface area contributed by atoms with Crippen LogP contribution in [0.15, 0.2) is 172 Å². The second-order valence-corrected chi connectivity index (χ2v) is 22.5. The van der Waals surface area contributed by atoms with Crippen LogP contribution in [0.25, 0.3) is 10.9 Å². The van der Waals surface area contributed by atoms with Crippen molar-refractivity contribution in [3.8, 4) is 0 Å². The smallest absolute Gasteiger partial charge is 0.244 e. The number of hydrogen-bond donors (Lipinski definition) is 15. The topological polar surface area (TPSA) is 465 Å². The molecule has 26 heteroatoms. The third-order valence-electron chi connectivity index (χ3n) is 15.8. The summed E-state index contributed by atoms with van der Waals surface area (Å²) >= 11 is 0. The Hall–Kier alpha value is -10.8. The van der Waals surface area contributed by atoms with Gasteiger partial charge in [-0.3, -0.25) is 53.5 Å². The second kappa shape index (κ2) is 34.8. The van der Waals surface area contributed by atoms with Gasteiger partial charge in [0.25, 0.3) is 0 Å². The van der Waals surface area contributed by atoms with Crippen LogP contribution in [0.3, 0.4) is 0 Å². The number of aliphatic imine (C=N–C) groups is 4. The number of nitrogens with one attached hydrogen (secondary N) is 7. The lowest BCUT2D eigenvalue weighted by Crippen LogP contribution is -2.61. The SMILES string of the molecule is NC(N)=NCCC[C@H]1CC(=O)[C@H](CCCN=C(N)N)NC(=O)[C@@H](CCCN=C(N)N)NC(=O)[C@H](CCCN=C(N)N)NC(=O)[C@@H](C(c2ccccc2)c2ccccc2)NC(=O)[C@H](Cc2c[nH]c3ccccc23)NC(=O)[C@@H](C(c2ccccc2)c2ccccc2)NC1=O. The van der Waals surface area contributed by atoms with E-state index in [4.69, 9.17) is 45.9 Å². The lowest BCUT2D eigenvalue weighted by Gasteiger charge is -2.33. The summed E-state index contributed by atoms with van der Waals surface area (Å²) in [6.07, 6.45) is 1.52. The number of carbonyl (C=O) groups excluding carboxylic acids is 7. The number of fused-ring (bicyclic) bond motifs is 1. The molecule has 0 bridgehead atoms. The maximum absolute atomic E-state index is 16.1. The molecule has 7 atom stereocenters. The molecule has 1 aliphatic rings. The molecule has 7 rings (SSSR count). The first-order valence-corrected chi connectivity index (χ1v) is 30.7. The van der Waals surface area contributed by atoms with Gasteiger partial charge in [-0.2, -0.15) is 0 Å². The number of Topliss-reactive ketones (excluding diaryl/α,β-unsaturated/α-hetero) is 1. The lowest BCUT2D eigenvalue weighted by atomic mass is 9.83. The fraction of sp³-hybridized carbons (Fsp3) is 0.348. The van der Waals surface area contributed by atoms with Gasteiger partial charge < -0.3 is 82.8 Å². The Morgan fingerprint density at radius 1 is 0.380 bits per heavy atom. The Morgan fingerprint density at radius 3 is 1.14 bits per heavy atom. The van der Waals surface area contributed by atoms with Crippen molar-refractivity contribution in [3.05, 3.63) is 180 Å². The predicted molar refractivity (Wildman–Crippen MR) is 356 cm³/mol. The van der Waals surface area contributed by atoms with E-state index in [1.165, 1.54) is 0 Å². The van der Waals surface area contributed by atoms with Crippen LogP contribution in [0, 0.1) is 5.92 Å². The molecule has 0 saturated carbocycles. The number of H-pyrrole nitrogens is 1. The first kappa shape index (κ1) is 68.7. The number of guanidine groups is 4. The molecule has 0 radical (unpaired) electrons. The number of aromatic nitrogens is 1. The number of aromatic amines is 1. The molecule has 2 heterocycles. The summed E-state index contributed by atoms with van der Waals surface area (Å²) in [5.74, 6) is -9.31. The lowest BCUT2D eigenvalue weighted by molar-refractivity contribution is -0.136. The molecule has 26 nitrogen and oxygen atoms in total. The van der Waals surface area contributed by atoms with Crippen LogP contribution in [0.1, 0.15) is 97.4 Å². The summed E-state index contributed by atoms with van der Waals surface area (Å²) in [6.45, 7) is 0.184. The van der Waals surface area contributed by atoms with E-state index in [9.17, 15) is 4.79 Å². The molecular weight excluding hydrogens is 1170 g/mol. The molecule has 0 spiro atoms. The van der Waals surface area contributed by atoms with E-state index in [1.807, 2.05) is 60.7 Å². The first-order chi connectivity index (χ1) is 44.4. The molecule has 0 aliphatic carbocycles. The second-order valence-electron chi connectivity index (χ2n) is 22.5. The quantitative estimate of drug-likeness (QED) is 0.0229. The van der Waals surface area contributed by atoms with Crippen molar-refractivity contribution in [2.24, 2.45) is 71.8 Å². The predicted octanol–water partition coefficient (Wildman–Crippen LogP) is 1.09. The van der Waals surface area contributed by atoms with Crippen molar-refractivity contribution in [1.29, 1.82) is 0 Å². The maximum atomic E-state index is 16.1. The van der Waals surface area contributed by atoms with E-state index in [1.54, 1.807) is 91.1 Å². The summed E-state index contributed by atoms with van der Waals surface area (Å²) in [6, 6.07) is 34.8. The van der Waals surface area contributed by atoms with Gasteiger partial charge in [0, 0.05) is 73.9 Å². The fourth-order valence-corrected chi connectivity index (χ4v) is 11.3. The molecule has 1 fully saturated rings. The fourth-order valence-electron chi connectivity index (χ4n) is 11.3. The van der Waals surface area contributed by atoms with Crippen LogP contribution in [-0.4, -0.2) is 132 Å². The van der Waals surface area contributed by atoms with Gasteiger partial charge in [0.1, 0.15) is 30.2 Å². The molecule has 23 N–H and O–H groups in total. The number of para-hydroxylation sites is 1. The van der Waals surface area contributed by atoms with Crippen molar-refractivity contribution < 1.29 is 33.6 Å². The minimum Gasteiger partial charge on any atom is -0.370 e. The first-order valence-electron chi connectivity index (χ1n) is 30.7. The van der Waals surface area contributed by atoms with E-state index < -0.39 is 102 Å². The average molecular weight is 1260 g/mol. The normalized spacial score (nSPS) is 19.6. The summed E-state index contributed by atoms with van der Waals surface area (Å²) < 4.78 is 0. The minimum atomic E-state index is -1.54. The summed E-state index contributed by atoms with van der Waals surface area (Å²) in [4.78, 5) is 128. The number of nitrogens with two attached hydrogens (primary N) is 8. The van der Waals surface area contributed by atoms with Crippen LogP contribution in [0.5, 0.6) is 0 Å². The van der Waals surface area contributed by atoms with Gasteiger partial charge in [-0.15, -0.1) is 0 Å². The molecular formula is C66H85N19O7. The highest BCUT2D eigenvalue weighted by Gasteiger charge is 2.41. The van der Waals surface area contributed by atoms with Gasteiger partial charge in [0.2, 0.25) is 35.4 Å². The molecule has 92 heavy (non-hydrogen) atoms. The number of carbonyl (C=O) groups is 7. The summed E-state index contributed by atoms with van der Waals surface area (Å²) in [5, 5.41) is 18.5. The van der Waals surface area contributed by atoms with E-state index in [0.29, 0.717) is 27.8 Å². The Bertz CT molecular complexity index is 3330. The molecule has 1 aromatic heterocycles. The minimum absolute atomic E-state index is 0.00472. The molecule has 0 unspecified atom stereocenters. The zero-order valence-electron chi connectivity index (χ0n) is 51.3. The Balaban J connectivity index is 1.46. The van der Waals surface area contributed by atoms with Crippen LogP contribution in [0.4, 0.5) is 0 Å². The van der Waals surface area contributed by atoms with E-state index >= 15 is 28.8 Å². The molecule has 486 valence electrons. The van der Waals surface area contributed by atoms with Crippen molar-refractivity contribution in [2.45, 2.75) is 112 Å². The standard InChI is InChI=1S/C66H85N19O7/c67-63(68)75-33-15-27-44-38-52(86)48(30-16-34-76-64(69)70)80-58(88)49(31-17-35-77-65(71)72)81-59(89)50(32-18-36-78-66(73)74)82-61(91)56(54(42-23-9-3-10-24-42)43-25-11-4-12-26-43)85-60(90)51(37-45-39-79-47-29-14-13-28-46(45)47)83-62(92)55(84-57(44)87)53(40-19-5-1-6-20-40)41-21-7-2-8-22-41/h1-14,19-26,28-29,39,44,48-51,53-56,79H,15-18,27,30-38H2,(H,80,88)(H,81,89)(H,82,91)(H,83,92)(H,84,87)(H,85,90)(H4,67,68,75)(H4,69,70,76)(H4,71,72,77)(H4,73,74,78)/t44-,48-,49+,50-,51-,55+,56+/m0/s1. The van der Waals surface area contributed by atoms with E-state index in [-0.39, 0.29) is 108 Å². The van der Waals surface area contributed by atoms with Crippen molar-refractivity contribution in [1.82, 2.24) is 36.9 Å². The third kappa shape index (κ3) is 20.6. The number of benzene rings is 5. The Morgan fingerprint density at radius 2 is 0.717 bits per heavy atom. The summed E-state index contributed by atoms with van der Waals surface area (Å²) in [5.41, 5.74) is 49.4. The molecule has 6 aromatic rings. The molecule has 1 saturated heterocycles. The Labute approximate surface area is 534 Å². The zero-order valence-corrected chi connectivity index (χ0v) is 51.3. The van der Waals surface area contributed by atoms with Gasteiger partial charge >= 0.3 is 0 Å². The highest BCUT2D eigenvalue weighted by molar-refractivity contribution is 6.00. The van der Waals surface area contributed by atoms with Crippen molar-refractivity contribution in [3.63, 3.8) is 0 Å². The highest BCUT2D eigenvalue weighted by atomic mass is 16.2. The summed E-state index contributed by atoms with van der Waals surface area (Å²) in [7, 11) is 0. The van der Waals surface area contributed by atoms with Crippen LogP contribution < -0.4 is 77.8 Å². The van der Waals surface area contributed by atoms with Crippen LogP contribution in [-0.2, 0) is 40.0 Å². The molecule has 6 amide bonds. The van der Waals surface area contributed by atoms with Crippen LogP contribution in [0.2, 0.25) is 0 Å². The molecule has 5 aromatic carbocycles. The van der Waals surface area contributed by atoms with Gasteiger partial charge in [0.05, 0.1) is 6.04 Å². The largest absolute Gasteiger partial charge is 0.370 e. The van der Waals surface area contributed by atoms with Gasteiger partial charge in [-0.1, -0.05) is 140 Å². The van der Waals surface area contributed by atoms with E-state index in [0.717, 1.165) is 10.9 Å². The molecule has 1 aliphatic heterocycles. The van der Waals surface area contributed by atoms with Crippen LogP contribution >= 0.6 is 0 Å². The number of amides is 6. The Kier molecular flexibility index (Phi) is 26.0. The maximum Gasteiger partial charge on any atom is 0.244 e. The van der Waals surface area contributed by atoms with Crippen molar-refractivity contribution >= 4 is 76.0 Å². The third-order valence-corrected chi connectivity index (χ3v) is 15.8. The highest BCUT2D eigenvalue weighted by Crippen LogP contribution is 2.32. The number of hydrogen-bond acceptors (Lipinski definition) is 11. The zero-order chi connectivity index (χ0) is 65.9. The van der Waals surface area contributed by atoms with E-state index in [2.05, 4.69) is 56.9 Å². The number of nitrogens with zero attached hydrogens (tertiary/aromatic N) is 4. The number of rotatable bonds is 24. The van der Waals surface area contributed by atoms with Gasteiger partial charge in [-0.25, -0.2) is 0 Å².